The number of aliphatic carboxylic acids is 1. The Bertz CT molecular complexity index is 602. The van der Waals surface area contributed by atoms with Crippen molar-refractivity contribution < 1.29 is 15.0 Å². The number of unbranched alkanes of at least 4 members (excludes halogenated alkanes) is 23. The first kappa shape index (κ1) is 45.3. The fourth-order valence-electron chi connectivity index (χ4n) is 6.85. The first-order chi connectivity index (χ1) is 22.6. The van der Waals surface area contributed by atoms with Gasteiger partial charge in [-0.15, -0.1) is 0 Å². The summed E-state index contributed by atoms with van der Waals surface area (Å²) in [7, 11) is 0. The molecule has 0 fully saturated rings. The molecule has 0 aliphatic rings. The van der Waals surface area contributed by atoms with Gasteiger partial charge in [0.2, 0.25) is 0 Å². The summed E-state index contributed by atoms with van der Waals surface area (Å²) in [5.74, 6) is -0.762. The molecular weight excluding hydrogens is 568 g/mol. The monoisotopic (exact) mass is 653 g/mol. The molecule has 0 spiro atoms. The average molecular weight is 653 g/mol. The van der Waals surface area contributed by atoms with E-state index in [9.17, 15) is 15.0 Å². The maximum absolute atomic E-state index is 11.9. The molecule has 0 saturated heterocycles. The van der Waals surface area contributed by atoms with Crippen LogP contribution < -0.4 is 0 Å². The molecule has 0 aliphatic heterocycles. The van der Waals surface area contributed by atoms with E-state index >= 15 is 0 Å². The SMILES string of the molecule is CCCCCCCCCCCCN(CCO)CCN(CCCCCCCCCCCC)CCCCC(CCCCCCC)C(=O)O. The lowest BCUT2D eigenvalue weighted by molar-refractivity contribution is -0.142. The smallest absolute Gasteiger partial charge is 0.306 e. The van der Waals surface area contributed by atoms with Gasteiger partial charge in [0, 0.05) is 19.6 Å². The van der Waals surface area contributed by atoms with Gasteiger partial charge in [-0.3, -0.25) is 9.69 Å². The van der Waals surface area contributed by atoms with Crippen molar-refractivity contribution in [2.75, 3.05) is 45.9 Å². The molecule has 0 aromatic rings. The van der Waals surface area contributed by atoms with Crippen molar-refractivity contribution in [2.24, 2.45) is 5.92 Å². The van der Waals surface area contributed by atoms with Crippen molar-refractivity contribution >= 4 is 5.97 Å². The summed E-state index contributed by atoms with van der Waals surface area (Å²) in [5.41, 5.74) is 0. The highest BCUT2D eigenvalue weighted by atomic mass is 16.4. The predicted octanol–water partition coefficient (Wildman–Crippen LogP) is 11.7. The van der Waals surface area contributed by atoms with Gasteiger partial charge in [0.15, 0.2) is 0 Å². The molecule has 5 nitrogen and oxygen atoms in total. The Hall–Kier alpha value is -0.650. The fraction of sp³-hybridized carbons (Fsp3) is 0.976. The molecule has 0 amide bonds. The number of carboxylic acids is 1. The molecule has 0 aromatic carbocycles. The summed E-state index contributed by atoms with van der Waals surface area (Å²) in [6, 6.07) is 0. The second-order valence-electron chi connectivity index (χ2n) is 14.5. The molecular formula is C41H84N2O3. The molecule has 0 rings (SSSR count). The second kappa shape index (κ2) is 37.2. The van der Waals surface area contributed by atoms with Crippen LogP contribution in [-0.4, -0.2) is 71.9 Å². The first-order valence-corrected chi connectivity index (χ1v) is 20.9. The Morgan fingerprint density at radius 1 is 0.413 bits per heavy atom. The van der Waals surface area contributed by atoms with Crippen LogP contribution in [0, 0.1) is 5.92 Å². The third-order valence-electron chi connectivity index (χ3n) is 10.1. The van der Waals surface area contributed by atoms with E-state index < -0.39 is 5.97 Å². The number of hydrogen-bond acceptors (Lipinski definition) is 4. The van der Waals surface area contributed by atoms with Crippen LogP contribution in [0.3, 0.4) is 0 Å². The number of carboxylic acid groups (broad SMARTS) is 1. The second-order valence-corrected chi connectivity index (χ2v) is 14.5. The summed E-state index contributed by atoms with van der Waals surface area (Å²) >= 11 is 0. The fourth-order valence-corrected chi connectivity index (χ4v) is 6.85. The van der Waals surface area contributed by atoms with Crippen molar-refractivity contribution in [3.63, 3.8) is 0 Å². The maximum atomic E-state index is 11.9. The maximum Gasteiger partial charge on any atom is 0.306 e. The van der Waals surface area contributed by atoms with Gasteiger partial charge in [0.1, 0.15) is 0 Å². The molecule has 46 heavy (non-hydrogen) atoms. The number of hydrogen-bond donors (Lipinski definition) is 2. The van der Waals surface area contributed by atoms with Crippen LogP contribution in [0.1, 0.15) is 207 Å². The van der Waals surface area contributed by atoms with E-state index in [1.807, 2.05) is 0 Å². The Morgan fingerprint density at radius 2 is 0.696 bits per heavy atom. The average Bonchev–Trinajstić information content (AvgIpc) is 3.05. The number of nitrogens with zero attached hydrogens (tertiary/aromatic N) is 2. The van der Waals surface area contributed by atoms with E-state index in [1.165, 1.54) is 154 Å². The van der Waals surface area contributed by atoms with Gasteiger partial charge in [0.05, 0.1) is 12.5 Å². The minimum atomic E-state index is -0.593. The number of rotatable bonds is 39. The zero-order chi connectivity index (χ0) is 33.8. The lowest BCUT2D eigenvalue weighted by Crippen LogP contribution is -2.38. The highest BCUT2D eigenvalue weighted by Gasteiger charge is 2.17. The van der Waals surface area contributed by atoms with E-state index in [0.29, 0.717) is 0 Å². The molecule has 0 heterocycles. The molecule has 1 atom stereocenters. The molecule has 5 heteroatoms. The minimum Gasteiger partial charge on any atom is -0.481 e. The quantitative estimate of drug-likeness (QED) is 0.0647. The molecule has 0 saturated carbocycles. The molecule has 2 N–H and O–H groups in total. The zero-order valence-electron chi connectivity index (χ0n) is 31.7. The largest absolute Gasteiger partial charge is 0.481 e. The highest BCUT2D eigenvalue weighted by molar-refractivity contribution is 5.69. The van der Waals surface area contributed by atoms with E-state index in [-0.39, 0.29) is 12.5 Å². The summed E-state index contributed by atoms with van der Waals surface area (Å²) in [4.78, 5) is 17.0. The van der Waals surface area contributed by atoms with Gasteiger partial charge in [-0.25, -0.2) is 0 Å². The third kappa shape index (κ3) is 31.9. The Labute approximate surface area is 289 Å². The first-order valence-electron chi connectivity index (χ1n) is 20.9. The van der Waals surface area contributed by atoms with Gasteiger partial charge < -0.3 is 15.1 Å². The summed E-state index contributed by atoms with van der Waals surface area (Å²) in [6.07, 6.45) is 37.0. The van der Waals surface area contributed by atoms with Crippen LogP contribution in [-0.2, 0) is 4.79 Å². The molecule has 0 bridgehead atoms. The lowest BCUT2D eigenvalue weighted by Gasteiger charge is -2.28. The Kier molecular flexibility index (Phi) is 36.6. The Morgan fingerprint density at radius 3 is 1.04 bits per heavy atom. The third-order valence-corrected chi connectivity index (χ3v) is 10.1. The van der Waals surface area contributed by atoms with Gasteiger partial charge in [-0.1, -0.05) is 175 Å². The van der Waals surface area contributed by atoms with Crippen LogP contribution in [0.2, 0.25) is 0 Å². The van der Waals surface area contributed by atoms with Crippen LogP contribution in [0.15, 0.2) is 0 Å². The molecule has 0 aliphatic carbocycles. The van der Waals surface area contributed by atoms with E-state index in [1.54, 1.807) is 0 Å². The number of aliphatic hydroxyl groups is 1. The van der Waals surface area contributed by atoms with E-state index in [2.05, 4.69) is 30.6 Å². The Balaban J connectivity index is 4.55. The zero-order valence-corrected chi connectivity index (χ0v) is 31.7. The van der Waals surface area contributed by atoms with Crippen molar-refractivity contribution in [3.05, 3.63) is 0 Å². The van der Waals surface area contributed by atoms with Crippen LogP contribution in [0.4, 0.5) is 0 Å². The molecule has 0 aromatic heterocycles. The van der Waals surface area contributed by atoms with Gasteiger partial charge >= 0.3 is 5.97 Å². The molecule has 1 unspecified atom stereocenters. The summed E-state index contributed by atoms with van der Waals surface area (Å²) < 4.78 is 0. The number of carbonyl (C=O) groups is 1. The van der Waals surface area contributed by atoms with Crippen molar-refractivity contribution in [3.8, 4) is 0 Å². The van der Waals surface area contributed by atoms with Crippen molar-refractivity contribution in [2.45, 2.75) is 207 Å². The van der Waals surface area contributed by atoms with E-state index in [0.717, 1.165) is 71.4 Å². The summed E-state index contributed by atoms with van der Waals surface area (Å²) in [6.45, 7) is 13.2. The van der Waals surface area contributed by atoms with E-state index in [4.69, 9.17) is 0 Å². The number of aliphatic hydroxyl groups excluding tert-OH is 1. The van der Waals surface area contributed by atoms with Gasteiger partial charge in [-0.05, 0) is 51.7 Å². The highest BCUT2D eigenvalue weighted by Crippen LogP contribution is 2.19. The van der Waals surface area contributed by atoms with Gasteiger partial charge in [0.25, 0.3) is 0 Å². The predicted molar refractivity (Wildman–Crippen MR) is 202 cm³/mol. The van der Waals surface area contributed by atoms with Crippen molar-refractivity contribution in [1.29, 1.82) is 0 Å². The van der Waals surface area contributed by atoms with Gasteiger partial charge in [-0.2, -0.15) is 0 Å². The standard InChI is InChI=1S/C41H84N2O3/c1-4-7-10-13-15-17-19-21-24-28-33-42(35-30-27-32-40(41(45)46)31-26-23-12-9-6-3)36-37-43(38-39-44)34-29-25-22-20-18-16-14-11-8-5-2/h40,44H,4-39H2,1-3H3,(H,45,46). The molecule has 0 radical (unpaired) electrons. The topological polar surface area (TPSA) is 64.0 Å². The normalized spacial score (nSPS) is 12.5. The van der Waals surface area contributed by atoms with Crippen LogP contribution in [0.25, 0.3) is 0 Å². The summed E-state index contributed by atoms with van der Waals surface area (Å²) in [5, 5.41) is 19.5. The minimum absolute atomic E-state index is 0.168. The van der Waals surface area contributed by atoms with Crippen LogP contribution in [0.5, 0.6) is 0 Å². The van der Waals surface area contributed by atoms with Crippen molar-refractivity contribution in [1.82, 2.24) is 9.80 Å². The molecule has 276 valence electrons. The van der Waals surface area contributed by atoms with Crippen LogP contribution >= 0.6 is 0 Å². The lowest BCUT2D eigenvalue weighted by atomic mass is 9.95.